The Labute approximate surface area is 192 Å². The summed E-state index contributed by atoms with van der Waals surface area (Å²) < 4.78 is 30.5. The van der Waals surface area contributed by atoms with Crippen molar-refractivity contribution >= 4 is 15.7 Å². The van der Waals surface area contributed by atoms with Gasteiger partial charge in [0.1, 0.15) is 5.75 Å². The van der Waals surface area contributed by atoms with Crippen molar-refractivity contribution in [2.75, 3.05) is 11.5 Å². The molecule has 1 fully saturated rings. The largest absolute Gasteiger partial charge is 0.481 e. The molecule has 0 aliphatic carbocycles. The van der Waals surface area contributed by atoms with E-state index in [2.05, 4.69) is 32.9 Å². The molecule has 1 saturated heterocycles. The minimum atomic E-state index is -3.12. The molecule has 32 heavy (non-hydrogen) atoms. The number of carbonyl (C=O) groups is 1. The number of carbonyl (C=O) groups excluding carboxylic acids is 1. The SMILES string of the molecule is CCc1ccc(CN(C(=O)[C@@H](C)Oc2cc(C)ccc2C(C)C)[C@H]2CCS(=O)(=O)C2)cc1. The van der Waals surface area contributed by atoms with E-state index < -0.39 is 15.9 Å². The Balaban J connectivity index is 1.85. The number of nitrogens with zero attached hydrogens (tertiary/aromatic N) is 1. The van der Waals surface area contributed by atoms with Crippen LogP contribution in [0.2, 0.25) is 0 Å². The highest BCUT2D eigenvalue weighted by Crippen LogP contribution is 2.29. The minimum absolute atomic E-state index is 0.0141. The van der Waals surface area contributed by atoms with Gasteiger partial charge in [-0.05, 0) is 60.9 Å². The predicted molar refractivity (Wildman–Crippen MR) is 129 cm³/mol. The van der Waals surface area contributed by atoms with Crippen LogP contribution < -0.4 is 4.74 Å². The summed E-state index contributed by atoms with van der Waals surface area (Å²) in [5.41, 5.74) is 4.34. The quantitative estimate of drug-likeness (QED) is 0.578. The van der Waals surface area contributed by atoms with Crippen LogP contribution in [0.1, 0.15) is 62.3 Å². The molecule has 0 bridgehead atoms. The number of hydrogen-bond donors (Lipinski definition) is 0. The molecule has 1 aliphatic rings. The van der Waals surface area contributed by atoms with Crippen LogP contribution in [0, 0.1) is 6.92 Å². The van der Waals surface area contributed by atoms with Crippen molar-refractivity contribution in [3.63, 3.8) is 0 Å². The molecule has 5 nitrogen and oxygen atoms in total. The molecule has 174 valence electrons. The monoisotopic (exact) mass is 457 g/mol. The van der Waals surface area contributed by atoms with Gasteiger partial charge in [-0.25, -0.2) is 8.42 Å². The Bertz CT molecular complexity index is 1040. The topological polar surface area (TPSA) is 63.7 Å². The second-order valence-corrected chi connectivity index (χ2v) is 11.4. The second kappa shape index (κ2) is 10.1. The first-order valence-electron chi connectivity index (χ1n) is 11.5. The standard InChI is InChI=1S/C26H35NO4S/c1-6-21-8-10-22(11-9-21)16-27(23-13-14-32(29,30)17-23)26(28)20(5)31-25-15-19(4)7-12-24(25)18(2)3/h7-12,15,18,20,23H,6,13-14,16-17H2,1-5H3/t20-,23+/m1/s1. The summed E-state index contributed by atoms with van der Waals surface area (Å²) in [7, 11) is -3.12. The first kappa shape index (κ1) is 24.3. The van der Waals surface area contributed by atoms with Gasteiger partial charge in [0.05, 0.1) is 11.5 Å². The van der Waals surface area contributed by atoms with Gasteiger partial charge in [-0.3, -0.25) is 4.79 Å². The maximum Gasteiger partial charge on any atom is 0.263 e. The highest BCUT2D eigenvalue weighted by Gasteiger charge is 2.36. The van der Waals surface area contributed by atoms with Gasteiger partial charge in [0.25, 0.3) is 5.91 Å². The number of benzene rings is 2. The fraction of sp³-hybridized carbons (Fsp3) is 0.500. The Morgan fingerprint density at radius 2 is 1.75 bits per heavy atom. The van der Waals surface area contributed by atoms with Crippen LogP contribution in [0.4, 0.5) is 0 Å². The summed E-state index contributed by atoms with van der Waals surface area (Å²) in [6.45, 7) is 10.4. The van der Waals surface area contributed by atoms with Crippen molar-refractivity contribution in [1.29, 1.82) is 0 Å². The van der Waals surface area contributed by atoms with E-state index in [1.165, 1.54) is 5.56 Å². The van der Waals surface area contributed by atoms with Gasteiger partial charge in [-0.2, -0.15) is 0 Å². The van der Waals surface area contributed by atoms with Crippen LogP contribution in [0.3, 0.4) is 0 Å². The molecule has 6 heteroatoms. The van der Waals surface area contributed by atoms with E-state index in [-0.39, 0.29) is 29.4 Å². The van der Waals surface area contributed by atoms with Crippen molar-refractivity contribution in [3.05, 3.63) is 64.7 Å². The van der Waals surface area contributed by atoms with Crippen molar-refractivity contribution < 1.29 is 17.9 Å². The summed E-state index contributed by atoms with van der Waals surface area (Å²) in [6, 6.07) is 13.9. The zero-order valence-corrected chi connectivity index (χ0v) is 20.6. The van der Waals surface area contributed by atoms with Crippen LogP contribution in [-0.2, 0) is 27.6 Å². The molecule has 2 aromatic carbocycles. The van der Waals surface area contributed by atoms with Crippen molar-refractivity contribution in [2.24, 2.45) is 0 Å². The summed E-state index contributed by atoms with van der Waals surface area (Å²) in [4.78, 5) is 15.3. The normalized spacial score (nSPS) is 18.5. The number of rotatable bonds is 8. The van der Waals surface area contributed by atoms with Gasteiger partial charge < -0.3 is 9.64 Å². The third-order valence-electron chi connectivity index (χ3n) is 6.16. The van der Waals surface area contributed by atoms with Crippen LogP contribution >= 0.6 is 0 Å². The van der Waals surface area contributed by atoms with Gasteiger partial charge in [0.15, 0.2) is 15.9 Å². The van der Waals surface area contributed by atoms with Crippen LogP contribution in [-0.4, -0.2) is 42.9 Å². The highest BCUT2D eigenvalue weighted by atomic mass is 32.2. The Hall–Kier alpha value is -2.34. The molecule has 0 unspecified atom stereocenters. The molecule has 2 aromatic rings. The first-order valence-corrected chi connectivity index (χ1v) is 13.3. The summed E-state index contributed by atoms with van der Waals surface area (Å²) in [5, 5.41) is 0. The fourth-order valence-corrected chi connectivity index (χ4v) is 5.91. The lowest BCUT2D eigenvalue weighted by Crippen LogP contribution is -2.46. The number of ether oxygens (including phenoxy) is 1. The zero-order chi connectivity index (χ0) is 23.5. The van der Waals surface area contributed by atoms with Gasteiger partial charge in [-0.1, -0.05) is 57.2 Å². The van der Waals surface area contributed by atoms with E-state index in [1.807, 2.05) is 37.3 Å². The molecule has 0 aromatic heterocycles. The molecule has 0 spiro atoms. The Morgan fingerprint density at radius 1 is 1.09 bits per heavy atom. The molecule has 1 heterocycles. The molecule has 0 radical (unpaired) electrons. The first-order chi connectivity index (χ1) is 15.1. The number of amides is 1. The average molecular weight is 458 g/mol. The third-order valence-corrected chi connectivity index (χ3v) is 7.91. The fourth-order valence-electron chi connectivity index (χ4n) is 4.18. The molecule has 2 atom stereocenters. The lowest BCUT2D eigenvalue weighted by atomic mass is 10.0. The Kier molecular flexibility index (Phi) is 7.65. The minimum Gasteiger partial charge on any atom is -0.481 e. The van der Waals surface area contributed by atoms with E-state index in [0.29, 0.717) is 18.7 Å². The molecular formula is C26H35NO4S. The van der Waals surface area contributed by atoms with Crippen molar-refractivity contribution in [1.82, 2.24) is 4.90 Å². The maximum atomic E-state index is 13.5. The number of hydrogen-bond acceptors (Lipinski definition) is 4. The number of aryl methyl sites for hydroxylation is 2. The number of sulfone groups is 1. The van der Waals surface area contributed by atoms with E-state index in [1.54, 1.807) is 11.8 Å². The van der Waals surface area contributed by atoms with Gasteiger partial charge in [-0.15, -0.1) is 0 Å². The van der Waals surface area contributed by atoms with Crippen LogP contribution in [0.25, 0.3) is 0 Å². The summed E-state index contributed by atoms with van der Waals surface area (Å²) in [5.74, 6) is 0.942. The predicted octanol–water partition coefficient (Wildman–Crippen LogP) is 4.66. The van der Waals surface area contributed by atoms with Gasteiger partial charge in [0, 0.05) is 12.6 Å². The van der Waals surface area contributed by atoms with Gasteiger partial charge >= 0.3 is 0 Å². The van der Waals surface area contributed by atoms with Crippen LogP contribution in [0.5, 0.6) is 5.75 Å². The third kappa shape index (κ3) is 5.91. The zero-order valence-electron chi connectivity index (χ0n) is 19.8. The average Bonchev–Trinajstić information content (AvgIpc) is 3.11. The second-order valence-electron chi connectivity index (χ2n) is 9.15. The summed E-state index contributed by atoms with van der Waals surface area (Å²) in [6.07, 6.45) is 0.700. The molecule has 1 amide bonds. The maximum absolute atomic E-state index is 13.5. The Morgan fingerprint density at radius 3 is 2.31 bits per heavy atom. The molecule has 0 saturated carbocycles. The lowest BCUT2D eigenvalue weighted by molar-refractivity contribution is -0.140. The van der Waals surface area contributed by atoms with E-state index in [9.17, 15) is 13.2 Å². The van der Waals surface area contributed by atoms with E-state index in [4.69, 9.17) is 4.74 Å². The summed E-state index contributed by atoms with van der Waals surface area (Å²) >= 11 is 0. The lowest BCUT2D eigenvalue weighted by Gasteiger charge is -2.31. The van der Waals surface area contributed by atoms with Crippen LogP contribution in [0.15, 0.2) is 42.5 Å². The molecule has 1 aliphatic heterocycles. The van der Waals surface area contributed by atoms with Gasteiger partial charge in [0.2, 0.25) is 0 Å². The molecular weight excluding hydrogens is 422 g/mol. The van der Waals surface area contributed by atoms with Crippen molar-refractivity contribution in [2.45, 2.75) is 72.1 Å². The molecule has 0 N–H and O–H groups in total. The van der Waals surface area contributed by atoms with Crippen molar-refractivity contribution in [3.8, 4) is 5.75 Å². The van der Waals surface area contributed by atoms with E-state index in [0.717, 1.165) is 23.1 Å². The smallest absolute Gasteiger partial charge is 0.263 e. The highest BCUT2D eigenvalue weighted by molar-refractivity contribution is 7.91. The molecule has 3 rings (SSSR count). The van der Waals surface area contributed by atoms with E-state index >= 15 is 0 Å².